The van der Waals surface area contributed by atoms with Gasteiger partial charge in [0.25, 0.3) is 0 Å². The zero-order chi connectivity index (χ0) is 12.5. The number of thiazole rings is 1. The lowest BCUT2D eigenvalue weighted by Gasteiger charge is -2.28. The van der Waals surface area contributed by atoms with Crippen LogP contribution in [0.3, 0.4) is 0 Å². The van der Waals surface area contributed by atoms with Gasteiger partial charge in [0, 0.05) is 6.42 Å². The van der Waals surface area contributed by atoms with Crippen molar-refractivity contribution in [2.75, 3.05) is 20.1 Å². The van der Waals surface area contributed by atoms with Gasteiger partial charge in [0.1, 0.15) is 0 Å². The Morgan fingerprint density at radius 1 is 1.33 bits per heavy atom. The van der Waals surface area contributed by atoms with E-state index in [0.29, 0.717) is 0 Å². The summed E-state index contributed by atoms with van der Waals surface area (Å²) >= 11 is 1.88. The molecule has 0 N–H and O–H groups in total. The second kappa shape index (κ2) is 4.98. The van der Waals surface area contributed by atoms with E-state index in [4.69, 9.17) is 4.98 Å². The monoisotopic (exact) mass is 260 g/mol. The van der Waals surface area contributed by atoms with Crippen molar-refractivity contribution in [2.24, 2.45) is 5.92 Å². The predicted molar refractivity (Wildman–Crippen MR) is 78.3 cm³/mol. The molecule has 0 radical (unpaired) electrons. The van der Waals surface area contributed by atoms with Crippen LogP contribution in [0.2, 0.25) is 0 Å². The molecule has 1 aromatic carbocycles. The third-order valence-corrected chi connectivity index (χ3v) is 4.95. The Labute approximate surface area is 113 Å². The largest absolute Gasteiger partial charge is 0.306 e. The van der Waals surface area contributed by atoms with Crippen molar-refractivity contribution in [3.05, 3.63) is 28.8 Å². The third-order valence-electron chi connectivity index (χ3n) is 3.89. The van der Waals surface area contributed by atoms with Crippen LogP contribution in [0.25, 0.3) is 10.2 Å². The first-order valence-corrected chi connectivity index (χ1v) is 7.57. The maximum atomic E-state index is 4.79. The van der Waals surface area contributed by atoms with Crippen LogP contribution in [0, 0.1) is 12.8 Å². The molecule has 2 aromatic rings. The van der Waals surface area contributed by atoms with Crippen LogP contribution >= 0.6 is 11.3 Å². The molecular weight excluding hydrogens is 240 g/mol. The zero-order valence-corrected chi connectivity index (χ0v) is 12.0. The van der Waals surface area contributed by atoms with E-state index in [1.807, 2.05) is 11.3 Å². The number of hydrogen-bond acceptors (Lipinski definition) is 3. The summed E-state index contributed by atoms with van der Waals surface area (Å²) in [5, 5.41) is 1.32. The minimum Gasteiger partial charge on any atom is -0.306 e. The Hall–Kier alpha value is -0.930. The summed E-state index contributed by atoms with van der Waals surface area (Å²) in [4.78, 5) is 7.22. The molecule has 0 amide bonds. The lowest BCUT2D eigenvalue weighted by Crippen LogP contribution is -2.30. The molecule has 0 bridgehead atoms. The zero-order valence-electron chi connectivity index (χ0n) is 11.1. The van der Waals surface area contributed by atoms with E-state index >= 15 is 0 Å². The van der Waals surface area contributed by atoms with E-state index in [1.54, 1.807) is 0 Å². The molecule has 96 valence electrons. The van der Waals surface area contributed by atoms with Gasteiger partial charge in [-0.3, -0.25) is 0 Å². The molecule has 1 saturated heterocycles. The molecule has 2 nitrogen and oxygen atoms in total. The van der Waals surface area contributed by atoms with Gasteiger partial charge in [-0.2, -0.15) is 0 Å². The number of likely N-dealkylation sites (tertiary alicyclic amines) is 1. The highest BCUT2D eigenvalue weighted by molar-refractivity contribution is 7.18. The molecular formula is C15H20N2S. The number of rotatable bonds is 2. The first-order chi connectivity index (χ1) is 8.70. The molecule has 3 heteroatoms. The summed E-state index contributed by atoms with van der Waals surface area (Å²) in [6, 6.07) is 6.59. The normalized spacial score (nSPS) is 18.6. The maximum Gasteiger partial charge on any atom is 0.0941 e. The van der Waals surface area contributed by atoms with Gasteiger partial charge in [0.05, 0.1) is 15.2 Å². The van der Waals surface area contributed by atoms with E-state index in [9.17, 15) is 0 Å². The smallest absolute Gasteiger partial charge is 0.0941 e. The summed E-state index contributed by atoms with van der Waals surface area (Å²) in [7, 11) is 2.22. The van der Waals surface area contributed by atoms with E-state index < -0.39 is 0 Å². The molecule has 0 saturated carbocycles. The minimum atomic E-state index is 0.836. The van der Waals surface area contributed by atoms with Crippen molar-refractivity contribution in [2.45, 2.75) is 26.2 Å². The highest BCUT2D eigenvalue weighted by Crippen LogP contribution is 2.27. The number of benzene rings is 1. The average molecular weight is 260 g/mol. The van der Waals surface area contributed by atoms with E-state index in [-0.39, 0.29) is 0 Å². The Morgan fingerprint density at radius 2 is 2.11 bits per heavy atom. The second-order valence-electron chi connectivity index (χ2n) is 5.53. The number of fused-ring (bicyclic) bond motifs is 1. The lowest BCUT2D eigenvalue weighted by atomic mass is 9.94. The quantitative estimate of drug-likeness (QED) is 0.821. The van der Waals surface area contributed by atoms with Gasteiger partial charge >= 0.3 is 0 Å². The van der Waals surface area contributed by atoms with Gasteiger partial charge in [0.2, 0.25) is 0 Å². The number of aromatic nitrogens is 1. The molecule has 1 aliphatic rings. The van der Waals surface area contributed by atoms with Crippen molar-refractivity contribution in [3.8, 4) is 0 Å². The number of nitrogens with zero attached hydrogens (tertiary/aromatic N) is 2. The van der Waals surface area contributed by atoms with Gasteiger partial charge in [-0.25, -0.2) is 4.98 Å². The van der Waals surface area contributed by atoms with Gasteiger partial charge < -0.3 is 4.90 Å². The summed E-state index contributed by atoms with van der Waals surface area (Å²) < 4.78 is 1.34. The molecule has 0 spiro atoms. The summed E-state index contributed by atoms with van der Waals surface area (Å²) in [5.74, 6) is 0.836. The Balaban J connectivity index is 1.74. The Morgan fingerprint density at radius 3 is 2.89 bits per heavy atom. The minimum absolute atomic E-state index is 0.836. The molecule has 1 aliphatic heterocycles. The van der Waals surface area contributed by atoms with Gasteiger partial charge in [0.15, 0.2) is 0 Å². The predicted octanol–water partition coefficient (Wildman–Crippen LogP) is 3.49. The SMILES string of the molecule is Cc1ccc2sc(CC3CCN(C)CC3)nc2c1. The molecule has 0 atom stereocenters. The van der Waals surface area contributed by atoms with Crippen molar-refractivity contribution in [1.29, 1.82) is 0 Å². The topological polar surface area (TPSA) is 16.1 Å². The summed E-state index contributed by atoms with van der Waals surface area (Å²) in [6.45, 7) is 4.62. The van der Waals surface area contributed by atoms with Crippen LogP contribution in [-0.2, 0) is 6.42 Å². The van der Waals surface area contributed by atoms with E-state index in [2.05, 4.69) is 37.1 Å². The standard InChI is InChI=1S/C15H20N2S/c1-11-3-4-14-13(9-11)16-15(18-14)10-12-5-7-17(2)8-6-12/h3-4,9,12H,5-8,10H2,1-2H3. The van der Waals surface area contributed by atoms with Crippen molar-refractivity contribution in [3.63, 3.8) is 0 Å². The molecule has 1 aromatic heterocycles. The lowest BCUT2D eigenvalue weighted by molar-refractivity contribution is 0.219. The van der Waals surface area contributed by atoms with Crippen LogP contribution in [0.4, 0.5) is 0 Å². The van der Waals surface area contributed by atoms with Gasteiger partial charge in [-0.15, -0.1) is 11.3 Å². The fourth-order valence-corrected chi connectivity index (χ4v) is 3.75. The first-order valence-electron chi connectivity index (χ1n) is 6.75. The molecule has 2 heterocycles. The van der Waals surface area contributed by atoms with Crippen molar-refractivity contribution < 1.29 is 0 Å². The molecule has 1 fully saturated rings. The van der Waals surface area contributed by atoms with Crippen LogP contribution in [0.15, 0.2) is 18.2 Å². The van der Waals surface area contributed by atoms with E-state index in [1.165, 1.54) is 53.1 Å². The van der Waals surface area contributed by atoms with Crippen LogP contribution in [0.5, 0.6) is 0 Å². The average Bonchev–Trinajstić information content (AvgIpc) is 2.73. The molecule has 0 unspecified atom stereocenters. The van der Waals surface area contributed by atoms with Crippen molar-refractivity contribution >= 4 is 21.6 Å². The number of hydrogen-bond donors (Lipinski definition) is 0. The van der Waals surface area contributed by atoms with E-state index in [0.717, 1.165) is 5.92 Å². The summed E-state index contributed by atoms with van der Waals surface area (Å²) in [5.41, 5.74) is 2.49. The number of piperidine rings is 1. The highest BCUT2D eigenvalue weighted by Gasteiger charge is 2.18. The van der Waals surface area contributed by atoms with Crippen LogP contribution in [0.1, 0.15) is 23.4 Å². The van der Waals surface area contributed by atoms with Crippen LogP contribution in [-0.4, -0.2) is 30.0 Å². The Kier molecular flexibility index (Phi) is 3.35. The van der Waals surface area contributed by atoms with Gasteiger partial charge in [-0.1, -0.05) is 6.07 Å². The van der Waals surface area contributed by atoms with Gasteiger partial charge in [-0.05, 0) is 63.5 Å². The fraction of sp³-hybridized carbons (Fsp3) is 0.533. The maximum absolute atomic E-state index is 4.79. The first kappa shape index (κ1) is 12.1. The van der Waals surface area contributed by atoms with Crippen LogP contribution < -0.4 is 0 Å². The second-order valence-corrected chi connectivity index (χ2v) is 6.64. The highest BCUT2D eigenvalue weighted by atomic mass is 32.1. The molecule has 0 aliphatic carbocycles. The summed E-state index contributed by atoms with van der Waals surface area (Å²) in [6.07, 6.45) is 3.82. The molecule has 3 rings (SSSR count). The third kappa shape index (κ3) is 2.57. The number of aryl methyl sites for hydroxylation is 1. The van der Waals surface area contributed by atoms with Crippen molar-refractivity contribution in [1.82, 2.24) is 9.88 Å². The Bertz CT molecular complexity index is 538. The molecule has 18 heavy (non-hydrogen) atoms. The fourth-order valence-electron chi connectivity index (χ4n) is 2.69.